The Labute approximate surface area is 266 Å². The SMILES string of the molecule is C=CC(c1ccccc1)c1cc(Br)cc([N+](=O)[O-])c1O.C=CCOc1c(C(C=C)c2ccccc2)cc(Br)cc1[N+](=O)[O-]. The van der Waals surface area contributed by atoms with E-state index in [0.717, 1.165) is 11.1 Å². The predicted octanol–water partition coefficient (Wildman–Crippen LogP) is 9.62. The maximum absolute atomic E-state index is 11.4. The number of allylic oxidation sites excluding steroid dienone is 2. The van der Waals surface area contributed by atoms with Gasteiger partial charge in [-0.1, -0.05) is 117 Å². The van der Waals surface area contributed by atoms with Gasteiger partial charge in [0.1, 0.15) is 6.61 Å². The molecule has 0 heterocycles. The number of nitrogens with zero attached hydrogens (tertiary/aromatic N) is 2. The molecule has 0 spiro atoms. The van der Waals surface area contributed by atoms with Crippen molar-refractivity contribution >= 4 is 43.2 Å². The van der Waals surface area contributed by atoms with Crippen molar-refractivity contribution in [1.29, 1.82) is 0 Å². The van der Waals surface area contributed by atoms with Gasteiger partial charge in [-0.05, 0) is 23.3 Å². The molecule has 4 aromatic rings. The summed E-state index contributed by atoms with van der Waals surface area (Å²) >= 11 is 6.57. The zero-order valence-electron chi connectivity index (χ0n) is 22.9. The summed E-state index contributed by atoms with van der Waals surface area (Å²) in [7, 11) is 0. The Morgan fingerprint density at radius 3 is 1.63 bits per heavy atom. The number of benzene rings is 4. The number of aromatic hydroxyl groups is 1. The highest BCUT2D eigenvalue weighted by molar-refractivity contribution is 9.10. The van der Waals surface area contributed by atoms with Crippen LogP contribution in [0.2, 0.25) is 0 Å². The zero-order chi connectivity index (χ0) is 31.5. The molecule has 43 heavy (non-hydrogen) atoms. The molecule has 2 unspecified atom stereocenters. The van der Waals surface area contributed by atoms with Crippen LogP contribution in [0.25, 0.3) is 0 Å². The normalized spacial score (nSPS) is 11.7. The fourth-order valence-electron chi connectivity index (χ4n) is 4.45. The van der Waals surface area contributed by atoms with E-state index in [-0.39, 0.29) is 41.3 Å². The molecule has 0 fully saturated rings. The van der Waals surface area contributed by atoms with Crippen LogP contribution in [-0.2, 0) is 0 Å². The standard InChI is InChI=1S/C18H16BrNO3.C15H12BrNO3/c1-3-10-23-18-16(11-14(19)12-17(18)20(21)22)15(4-2)13-8-6-5-7-9-13;1-2-12(10-6-4-3-5-7-10)13-8-11(16)9-14(15(13)18)17(19)20/h3-9,11-12,15H,1-2,10H2;2-9,12,18H,1H2. The molecule has 4 rings (SSSR count). The molecule has 10 heteroatoms. The van der Waals surface area contributed by atoms with Crippen molar-refractivity contribution in [2.24, 2.45) is 0 Å². The fourth-order valence-corrected chi connectivity index (χ4v) is 5.38. The van der Waals surface area contributed by atoms with E-state index < -0.39 is 9.85 Å². The summed E-state index contributed by atoms with van der Waals surface area (Å²) in [6.07, 6.45) is 4.96. The minimum absolute atomic E-state index is 0.0843. The van der Waals surface area contributed by atoms with Gasteiger partial charge in [0, 0.05) is 44.0 Å². The van der Waals surface area contributed by atoms with E-state index in [0.29, 0.717) is 20.1 Å². The molecule has 0 aromatic heterocycles. The maximum Gasteiger partial charge on any atom is 0.312 e. The Morgan fingerprint density at radius 2 is 1.19 bits per heavy atom. The largest absolute Gasteiger partial charge is 0.502 e. The van der Waals surface area contributed by atoms with Crippen molar-refractivity contribution < 1.29 is 19.7 Å². The van der Waals surface area contributed by atoms with Crippen LogP contribution in [-0.4, -0.2) is 21.6 Å². The van der Waals surface area contributed by atoms with Crippen LogP contribution in [0.15, 0.2) is 132 Å². The second-order valence-electron chi connectivity index (χ2n) is 9.07. The fraction of sp³-hybridized carbons (Fsp3) is 0.0909. The van der Waals surface area contributed by atoms with Crippen LogP contribution >= 0.6 is 31.9 Å². The summed E-state index contributed by atoms with van der Waals surface area (Å²) in [6, 6.07) is 25.3. The first-order chi connectivity index (χ1) is 20.6. The predicted molar refractivity (Wildman–Crippen MR) is 176 cm³/mol. The third-order valence-corrected chi connectivity index (χ3v) is 7.26. The van der Waals surface area contributed by atoms with Crippen molar-refractivity contribution in [3.05, 3.63) is 174 Å². The molecule has 0 bridgehead atoms. The van der Waals surface area contributed by atoms with Gasteiger partial charge in [-0.3, -0.25) is 20.2 Å². The maximum atomic E-state index is 11.4. The number of hydrogen-bond donors (Lipinski definition) is 1. The average Bonchev–Trinajstić information content (AvgIpc) is 3.00. The highest BCUT2D eigenvalue weighted by Gasteiger charge is 2.26. The average molecular weight is 708 g/mol. The zero-order valence-corrected chi connectivity index (χ0v) is 26.1. The van der Waals surface area contributed by atoms with Crippen molar-refractivity contribution in [3.63, 3.8) is 0 Å². The number of nitro groups is 2. The molecule has 0 saturated carbocycles. The Hall–Kier alpha value is -4.54. The Kier molecular flexibility index (Phi) is 12.0. The number of hydrogen-bond acceptors (Lipinski definition) is 6. The monoisotopic (exact) mass is 706 g/mol. The van der Waals surface area contributed by atoms with Gasteiger partial charge in [0.15, 0.2) is 5.75 Å². The molecule has 0 amide bonds. The first-order valence-electron chi connectivity index (χ1n) is 12.9. The van der Waals surface area contributed by atoms with Crippen LogP contribution in [0.5, 0.6) is 11.5 Å². The van der Waals surface area contributed by atoms with Crippen LogP contribution in [0.3, 0.4) is 0 Å². The molecule has 1 N–H and O–H groups in total. The lowest BCUT2D eigenvalue weighted by Crippen LogP contribution is -2.06. The minimum Gasteiger partial charge on any atom is -0.502 e. The van der Waals surface area contributed by atoms with Gasteiger partial charge in [0.2, 0.25) is 5.75 Å². The molecule has 0 aliphatic rings. The molecule has 4 aromatic carbocycles. The van der Waals surface area contributed by atoms with Crippen LogP contribution in [0, 0.1) is 20.2 Å². The number of halogens is 2. The Morgan fingerprint density at radius 1 is 0.744 bits per heavy atom. The molecule has 0 aliphatic carbocycles. The number of nitro benzene ring substituents is 2. The lowest BCUT2D eigenvalue weighted by Gasteiger charge is -2.18. The van der Waals surface area contributed by atoms with Crippen molar-refractivity contribution in [1.82, 2.24) is 0 Å². The van der Waals surface area contributed by atoms with Gasteiger partial charge in [-0.15, -0.1) is 13.2 Å². The summed E-state index contributed by atoms with van der Waals surface area (Å²) < 4.78 is 6.77. The van der Waals surface area contributed by atoms with Gasteiger partial charge >= 0.3 is 11.4 Å². The number of phenols is 1. The van der Waals surface area contributed by atoms with Gasteiger partial charge < -0.3 is 9.84 Å². The quantitative estimate of drug-likeness (QED) is 0.0943. The molecule has 0 aliphatic heterocycles. The van der Waals surface area contributed by atoms with Crippen molar-refractivity contribution in [2.75, 3.05) is 6.61 Å². The lowest BCUT2D eigenvalue weighted by molar-refractivity contribution is -0.386. The van der Waals surface area contributed by atoms with E-state index in [1.165, 1.54) is 12.1 Å². The van der Waals surface area contributed by atoms with Crippen LogP contribution in [0.4, 0.5) is 11.4 Å². The van der Waals surface area contributed by atoms with E-state index in [2.05, 4.69) is 51.6 Å². The topological polar surface area (TPSA) is 116 Å². The molecule has 2 atom stereocenters. The highest BCUT2D eigenvalue weighted by Crippen LogP contribution is 2.42. The van der Waals surface area contributed by atoms with Gasteiger partial charge in [-0.25, -0.2) is 0 Å². The smallest absolute Gasteiger partial charge is 0.312 e. The Balaban J connectivity index is 0.000000238. The minimum atomic E-state index is -0.602. The molecular formula is C33H28Br2N2O6. The van der Waals surface area contributed by atoms with E-state index in [9.17, 15) is 25.3 Å². The summed E-state index contributed by atoms with van der Waals surface area (Å²) in [5.41, 5.74) is 2.63. The van der Waals surface area contributed by atoms with E-state index in [1.807, 2.05) is 66.7 Å². The van der Waals surface area contributed by atoms with Gasteiger partial charge in [-0.2, -0.15) is 0 Å². The summed E-state index contributed by atoms with van der Waals surface area (Å²) in [5, 5.41) is 32.5. The van der Waals surface area contributed by atoms with Crippen LogP contribution in [0.1, 0.15) is 34.1 Å². The van der Waals surface area contributed by atoms with Crippen molar-refractivity contribution in [3.8, 4) is 11.5 Å². The third-order valence-electron chi connectivity index (χ3n) is 6.34. The van der Waals surface area contributed by atoms with Crippen LogP contribution < -0.4 is 4.74 Å². The van der Waals surface area contributed by atoms with Crippen molar-refractivity contribution in [2.45, 2.75) is 11.8 Å². The Bertz CT molecular complexity index is 1630. The second kappa shape index (κ2) is 15.6. The summed E-state index contributed by atoms with van der Waals surface area (Å²) in [6.45, 7) is 11.4. The molecule has 220 valence electrons. The molecule has 0 saturated heterocycles. The lowest BCUT2D eigenvalue weighted by atomic mass is 9.90. The van der Waals surface area contributed by atoms with E-state index >= 15 is 0 Å². The number of ether oxygens (including phenoxy) is 1. The first kappa shape index (κ1) is 33.0. The van der Waals surface area contributed by atoms with E-state index in [1.54, 1.807) is 24.3 Å². The number of rotatable bonds is 11. The van der Waals surface area contributed by atoms with Gasteiger partial charge in [0.25, 0.3) is 0 Å². The van der Waals surface area contributed by atoms with E-state index in [4.69, 9.17) is 4.74 Å². The molecule has 8 nitrogen and oxygen atoms in total. The third kappa shape index (κ3) is 8.27. The van der Waals surface area contributed by atoms with Gasteiger partial charge in [0.05, 0.1) is 9.85 Å². The molecular weight excluding hydrogens is 680 g/mol. The highest BCUT2D eigenvalue weighted by atomic mass is 79.9. The first-order valence-corrected chi connectivity index (χ1v) is 14.4. The number of phenolic OH excluding ortho intramolecular Hbond substituents is 1. The summed E-state index contributed by atoms with van der Waals surface area (Å²) in [5.74, 6) is -0.613. The summed E-state index contributed by atoms with van der Waals surface area (Å²) in [4.78, 5) is 21.3. The molecule has 0 radical (unpaired) electrons. The second-order valence-corrected chi connectivity index (χ2v) is 10.9.